The minimum atomic E-state index is -3.23. The number of sulfone groups is 1. The van der Waals surface area contributed by atoms with Gasteiger partial charge in [-0.15, -0.1) is 5.10 Å². The van der Waals surface area contributed by atoms with E-state index in [2.05, 4.69) is 20.4 Å². The lowest BCUT2D eigenvalue weighted by atomic mass is 10.1. The van der Waals surface area contributed by atoms with Crippen molar-refractivity contribution in [3.05, 3.63) is 42.2 Å². The molecule has 0 unspecified atom stereocenters. The first-order chi connectivity index (χ1) is 15.8. The summed E-state index contributed by atoms with van der Waals surface area (Å²) in [6.07, 6.45) is 6.10. The normalized spacial score (nSPS) is 15.2. The van der Waals surface area contributed by atoms with Crippen molar-refractivity contribution in [3.8, 4) is 0 Å². The van der Waals surface area contributed by atoms with Crippen LogP contribution in [0.15, 0.2) is 30.9 Å². The largest absolute Gasteiger partial charge is 0.384 e. The number of nitrogens with one attached hydrogen (secondary N) is 1. The summed E-state index contributed by atoms with van der Waals surface area (Å²) in [4.78, 5) is 23.0. The lowest BCUT2D eigenvalue weighted by Crippen LogP contribution is -2.40. The fourth-order valence-corrected chi connectivity index (χ4v) is 5.57. The van der Waals surface area contributed by atoms with E-state index >= 15 is 0 Å². The summed E-state index contributed by atoms with van der Waals surface area (Å²) in [5.41, 5.74) is 7.17. The van der Waals surface area contributed by atoms with Gasteiger partial charge in [-0.1, -0.05) is 0 Å². The van der Waals surface area contributed by atoms with Crippen LogP contribution < -0.4 is 16.0 Å². The number of ether oxygens (including phenoxy) is 1. The molecular weight excluding hydrogens is 453 g/mol. The van der Waals surface area contributed by atoms with Crippen LogP contribution in [0.1, 0.15) is 23.2 Å². The van der Waals surface area contributed by atoms with Crippen molar-refractivity contribution in [1.29, 1.82) is 0 Å². The van der Waals surface area contributed by atoms with E-state index in [4.69, 9.17) is 10.5 Å². The van der Waals surface area contributed by atoms with Crippen molar-refractivity contribution in [3.63, 3.8) is 0 Å². The number of amides is 1. The number of nitrogen functional groups attached to an aromatic ring is 1. The summed E-state index contributed by atoms with van der Waals surface area (Å²) in [6, 6.07) is 1.75. The van der Waals surface area contributed by atoms with E-state index < -0.39 is 26.8 Å². The first-order valence-electron chi connectivity index (χ1n) is 10.3. The standard InChI is InChI=1S/C20H24FN7O4S/c1-32-8-9-33(30,31)14-3-6-27(7-4-14)16-2-5-23-11-15(16)25-20(29)17-18(22)26-28-12-13(21)10-24-19(17)28/h2,5,10-12,14H,3-4,6-9H2,1H3,(H2,22,26)(H,25,29). The number of piperidine rings is 1. The zero-order chi connectivity index (χ0) is 23.6. The minimum Gasteiger partial charge on any atom is -0.384 e. The van der Waals surface area contributed by atoms with Crippen LogP contribution in [0.3, 0.4) is 0 Å². The van der Waals surface area contributed by atoms with E-state index in [1.165, 1.54) is 13.3 Å². The highest BCUT2D eigenvalue weighted by Gasteiger charge is 2.30. The lowest BCUT2D eigenvalue weighted by molar-refractivity contribution is 0.102. The summed E-state index contributed by atoms with van der Waals surface area (Å²) in [5, 5.41) is 6.30. The molecule has 0 aromatic carbocycles. The number of hydrogen-bond donors (Lipinski definition) is 2. The van der Waals surface area contributed by atoms with Gasteiger partial charge in [0, 0.05) is 26.4 Å². The molecule has 0 spiro atoms. The predicted molar refractivity (Wildman–Crippen MR) is 120 cm³/mol. The van der Waals surface area contributed by atoms with Crippen molar-refractivity contribution in [2.45, 2.75) is 18.1 Å². The van der Waals surface area contributed by atoms with Gasteiger partial charge in [-0.2, -0.15) is 0 Å². The third-order valence-electron chi connectivity index (χ3n) is 5.60. The van der Waals surface area contributed by atoms with Crippen molar-refractivity contribution in [2.75, 3.05) is 48.5 Å². The Morgan fingerprint density at radius 1 is 1.33 bits per heavy atom. The van der Waals surface area contributed by atoms with Gasteiger partial charge in [0.15, 0.2) is 27.1 Å². The monoisotopic (exact) mass is 477 g/mol. The highest BCUT2D eigenvalue weighted by atomic mass is 32.2. The molecule has 1 fully saturated rings. The second-order valence-corrected chi connectivity index (χ2v) is 10.1. The maximum atomic E-state index is 13.4. The van der Waals surface area contributed by atoms with Gasteiger partial charge in [-0.3, -0.25) is 9.78 Å². The first-order valence-corrected chi connectivity index (χ1v) is 12.0. The Hall–Kier alpha value is -3.32. The number of hydrogen-bond acceptors (Lipinski definition) is 9. The quantitative estimate of drug-likeness (QED) is 0.511. The highest BCUT2D eigenvalue weighted by Crippen LogP contribution is 2.30. The summed E-state index contributed by atoms with van der Waals surface area (Å²) >= 11 is 0. The highest BCUT2D eigenvalue weighted by molar-refractivity contribution is 7.92. The molecule has 0 atom stereocenters. The van der Waals surface area contributed by atoms with E-state index in [1.54, 1.807) is 12.3 Å². The first kappa shape index (κ1) is 22.9. The molecule has 1 saturated heterocycles. The van der Waals surface area contributed by atoms with E-state index in [1.807, 2.05) is 4.90 Å². The number of nitrogens with two attached hydrogens (primary N) is 1. The SMILES string of the molecule is COCCS(=O)(=O)C1CCN(c2ccncc2NC(=O)c2c(N)nn3cc(F)cnc23)CC1. The Kier molecular flexibility index (Phi) is 6.42. The fourth-order valence-electron chi connectivity index (χ4n) is 3.91. The summed E-state index contributed by atoms with van der Waals surface area (Å²) in [6.45, 7) is 1.18. The van der Waals surface area contributed by atoms with Crippen LogP contribution >= 0.6 is 0 Å². The minimum absolute atomic E-state index is 0.00371. The van der Waals surface area contributed by atoms with Gasteiger partial charge in [0.05, 0.1) is 47.6 Å². The van der Waals surface area contributed by atoms with Gasteiger partial charge in [-0.25, -0.2) is 22.3 Å². The van der Waals surface area contributed by atoms with Gasteiger partial charge in [0.1, 0.15) is 5.56 Å². The smallest absolute Gasteiger partial charge is 0.263 e. The Bertz CT molecular complexity index is 1270. The molecule has 3 aromatic rings. The van der Waals surface area contributed by atoms with Crippen LogP contribution in [0.2, 0.25) is 0 Å². The summed E-state index contributed by atoms with van der Waals surface area (Å²) < 4.78 is 44.4. The number of fused-ring (bicyclic) bond motifs is 1. The maximum Gasteiger partial charge on any atom is 0.263 e. The number of aromatic nitrogens is 4. The van der Waals surface area contributed by atoms with Gasteiger partial charge in [0.25, 0.3) is 5.91 Å². The zero-order valence-electron chi connectivity index (χ0n) is 17.9. The van der Waals surface area contributed by atoms with Crippen molar-refractivity contribution in [2.24, 2.45) is 0 Å². The number of pyridine rings is 1. The third-order valence-corrected chi connectivity index (χ3v) is 7.83. The topological polar surface area (TPSA) is 145 Å². The van der Waals surface area contributed by atoms with Crippen molar-refractivity contribution >= 4 is 38.6 Å². The average Bonchev–Trinajstić information content (AvgIpc) is 3.13. The molecule has 4 heterocycles. The van der Waals surface area contributed by atoms with Gasteiger partial charge >= 0.3 is 0 Å². The number of carbonyl (C=O) groups is 1. The van der Waals surface area contributed by atoms with E-state index in [0.29, 0.717) is 37.3 Å². The molecule has 13 heteroatoms. The molecule has 1 aliphatic rings. The molecule has 3 N–H and O–H groups in total. The van der Waals surface area contributed by atoms with Crippen LogP contribution in [-0.2, 0) is 14.6 Å². The fraction of sp³-hybridized carbons (Fsp3) is 0.400. The lowest BCUT2D eigenvalue weighted by Gasteiger charge is -2.34. The summed E-state index contributed by atoms with van der Waals surface area (Å²) in [7, 11) is -1.75. The predicted octanol–water partition coefficient (Wildman–Crippen LogP) is 1.13. The second kappa shape index (κ2) is 9.27. The molecule has 0 aliphatic carbocycles. The number of carbonyl (C=O) groups excluding carboxylic acids is 1. The Morgan fingerprint density at radius 3 is 2.82 bits per heavy atom. The molecule has 0 saturated carbocycles. The van der Waals surface area contributed by atoms with Gasteiger partial charge in [0.2, 0.25) is 0 Å². The zero-order valence-corrected chi connectivity index (χ0v) is 18.8. The van der Waals surface area contributed by atoms with Crippen LogP contribution in [0.4, 0.5) is 21.6 Å². The van der Waals surface area contributed by atoms with Crippen LogP contribution in [0.5, 0.6) is 0 Å². The third kappa shape index (κ3) is 4.73. The van der Waals surface area contributed by atoms with E-state index in [-0.39, 0.29) is 29.4 Å². The Balaban J connectivity index is 1.51. The molecule has 0 radical (unpaired) electrons. The number of methoxy groups -OCH3 is 1. The van der Waals surface area contributed by atoms with E-state index in [9.17, 15) is 17.6 Å². The molecule has 0 bridgehead atoms. The maximum absolute atomic E-state index is 13.4. The molecule has 4 rings (SSSR count). The van der Waals surface area contributed by atoms with Crippen LogP contribution in [0.25, 0.3) is 5.65 Å². The molecular formula is C20H24FN7O4S. The van der Waals surface area contributed by atoms with Crippen molar-refractivity contribution < 1.29 is 22.3 Å². The van der Waals surface area contributed by atoms with Crippen LogP contribution in [-0.4, -0.2) is 71.7 Å². The molecule has 3 aromatic heterocycles. The number of rotatable bonds is 7. The Morgan fingerprint density at radius 2 is 2.09 bits per heavy atom. The van der Waals surface area contributed by atoms with Crippen molar-refractivity contribution in [1.82, 2.24) is 19.6 Å². The molecule has 1 aliphatic heterocycles. The average molecular weight is 478 g/mol. The number of nitrogens with zero attached hydrogens (tertiary/aromatic N) is 5. The second-order valence-electron chi connectivity index (χ2n) is 7.69. The summed E-state index contributed by atoms with van der Waals surface area (Å²) in [5.74, 6) is -1.26. The Labute approximate surface area is 189 Å². The molecule has 11 nitrogen and oxygen atoms in total. The molecule has 1 amide bonds. The molecule has 176 valence electrons. The van der Waals surface area contributed by atoms with Gasteiger partial charge in [-0.05, 0) is 18.9 Å². The van der Waals surface area contributed by atoms with E-state index in [0.717, 1.165) is 16.9 Å². The number of halogens is 1. The van der Waals surface area contributed by atoms with Gasteiger partial charge < -0.3 is 20.7 Å². The molecule has 33 heavy (non-hydrogen) atoms. The number of anilines is 3. The van der Waals surface area contributed by atoms with Crippen LogP contribution in [0, 0.1) is 5.82 Å².